The summed E-state index contributed by atoms with van der Waals surface area (Å²) in [5.41, 5.74) is 1.52. The predicted molar refractivity (Wildman–Crippen MR) is 70.6 cm³/mol. The van der Waals surface area contributed by atoms with Crippen LogP contribution in [0.1, 0.15) is 13.3 Å². The lowest BCUT2D eigenvalue weighted by molar-refractivity contribution is 0.239. The van der Waals surface area contributed by atoms with Gasteiger partial charge in [-0.05, 0) is 18.6 Å². The van der Waals surface area contributed by atoms with Crippen LogP contribution < -0.4 is 10.6 Å². The maximum absolute atomic E-state index is 11.6. The molecule has 0 amide bonds. The van der Waals surface area contributed by atoms with Gasteiger partial charge >= 0.3 is 0 Å². The summed E-state index contributed by atoms with van der Waals surface area (Å²) in [6.07, 6.45) is 0.499. The Bertz CT molecular complexity index is 491. The molecule has 2 N–H and O–H groups in total. The molecule has 0 aliphatic carbocycles. The van der Waals surface area contributed by atoms with Gasteiger partial charge < -0.3 is 10.6 Å². The van der Waals surface area contributed by atoms with E-state index in [9.17, 15) is 8.42 Å². The molecule has 7 heteroatoms. The standard InChI is InChI=1S/C10H14N2O3S2/c1-2-7-17(13,14)15-10(16)11-8-5-3-4-6-9(8)12-10/h3-6,11-12,16H,2,7H2,1H3. The zero-order chi connectivity index (χ0) is 12.5. The fourth-order valence-electron chi connectivity index (χ4n) is 1.61. The summed E-state index contributed by atoms with van der Waals surface area (Å²) in [6.45, 7) is 1.77. The molecule has 0 saturated carbocycles. The highest BCUT2D eigenvalue weighted by atomic mass is 32.2. The van der Waals surface area contributed by atoms with Crippen LogP contribution >= 0.6 is 12.6 Å². The summed E-state index contributed by atoms with van der Waals surface area (Å²) in [6, 6.07) is 7.31. The molecule has 0 unspecified atom stereocenters. The average Bonchev–Trinajstić information content (AvgIpc) is 2.51. The van der Waals surface area contributed by atoms with E-state index in [1.807, 2.05) is 24.3 Å². The molecule has 1 aromatic carbocycles. The van der Waals surface area contributed by atoms with Crippen molar-refractivity contribution in [3.8, 4) is 0 Å². The van der Waals surface area contributed by atoms with Gasteiger partial charge in [0.25, 0.3) is 15.3 Å². The number of anilines is 2. The monoisotopic (exact) mass is 274 g/mol. The Labute approximate surface area is 106 Å². The lowest BCUT2D eigenvalue weighted by atomic mass is 10.3. The van der Waals surface area contributed by atoms with Crippen molar-refractivity contribution in [3.63, 3.8) is 0 Å². The van der Waals surface area contributed by atoms with Gasteiger partial charge in [0.2, 0.25) is 0 Å². The maximum Gasteiger partial charge on any atom is 0.281 e. The second-order valence-corrected chi connectivity index (χ2v) is 6.10. The van der Waals surface area contributed by atoms with Gasteiger partial charge in [0.1, 0.15) is 0 Å². The topological polar surface area (TPSA) is 67.4 Å². The van der Waals surface area contributed by atoms with Crippen molar-refractivity contribution in [2.75, 3.05) is 16.4 Å². The van der Waals surface area contributed by atoms with E-state index in [2.05, 4.69) is 23.3 Å². The average molecular weight is 274 g/mol. The predicted octanol–water partition coefficient (Wildman–Crippen LogP) is 1.82. The van der Waals surface area contributed by atoms with Crippen molar-refractivity contribution < 1.29 is 12.6 Å². The van der Waals surface area contributed by atoms with Crippen molar-refractivity contribution in [2.24, 2.45) is 0 Å². The quantitative estimate of drug-likeness (QED) is 0.444. The Kier molecular flexibility index (Phi) is 3.24. The van der Waals surface area contributed by atoms with Crippen LogP contribution in [-0.4, -0.2) is 19.4 Å². The van der Waals surface area contributed by atoms with E-state index >= 15 is 0 Å². The van der Waals surface area contributed by atoms with Gasteiger partial charge in [-0.25, -0.2) is 4.18 Å². The molecule has 1 aromatic rings. The van der Waals surface area contributed by atoms with E-state index < -0.39 is 15.3 Å². The SMILES string of the molecule is CCCS(=O)(=O)OC1(S)Nc2ccccc2N1. The van der Waals surface area contributed by atoms with Crippen LogP contribution in [0.5, 0.6) is 0 Å². The van der Waals surface area contributed by atoms with Gasteiger partial charge in [0.05, 0.1) is 17.1 Å². The van der Waals surface area contributed by atoms with Gasteiger partial charge in [-0.15, -0.1) is 0 Å². The fourth-order valence-corrected chi connectivity index (χ4v) is 3.23. The summed E-state index contributed by atoms with van der Waals surface area (Å²) >= 11 is 4.19. The Hall–Kier alpha value is -0.920. The summed E-state index contributed by atoms with van der Waals surface area (Å²) in [5.74, 6) is -0.0327. The molecule has 0 bridgehead atoms. The number of thiol groups is 1. The van der Waals surface area contributed by atoms with Crippen molar-refractivity contribution in [3.05, 3.63) is 24.3 Å². The van der Waals surface area contributed by atoms with Crippen LogP contribution in [0.2, 0.25) is 0 Å². The van der Waals surface area contributed by atoms with Crippen molar-refractivity contribution >= 4 is 34.1 Å². The third kappa shape index (κ3) is 2.85. The van der Waals surface area contributed by atoms with Crippen molar-refractivity contribution in [2.45, 2.75) is 18.5 Å². The maximum atomic E-state index is 11.6. The molecule has 0 spiro atoms. The van der Waals surface area contributed by atoms with Crippen molar-refractivity contribution in [1.82, 2.24) is 0 Å². The molecule has 1 aliphatic heterocycles. The zero-order valence-electron chi connectivity index (χ0n) is 9.30. The number of para-hydroxylation sites is 2. The van der Waals surface area contributed by atoms with Crippen LogP contribution in [-0.2, 0) is 14.3 Å². The molecule has 5 nitrogen and oxygen atoms in total. The lowest BCUT2D eigenvalue weighted by Gasteiger charge is -2.23. The molecule has 1 aliphatic rings. The van der Waals surface area contributed by atoms with Gasteiger partial charge in [-0.3, -0.25) is 0 Å². The van der Waals surface area contributed by atoms with E-state index in [-0.39, 0.29) is 5.75 Å². The number of benzene rings is 1. The molecule has 1 heterocycles. The Balaban J connectivity index is 2.15. The van der Waals surface area contributed by atoms with Gasteiger partial charge in [0.15, 0.2) is 0 Å². The molecule has 17 heavy (non-hydrogen) atoms. The minimum atomic E-state index is -3.59. The van der Waals surface area contributed by atoms with Crippen LogP contribution in [0.3, 0.4) is 0 Å². The number of fused-ring (bicyclic) bond motifs is 1. The first-order chi connectivity index (χ1) is 7.94. The molecule has 0 atom stereocenters. The van der Waals surface area contributed by atoms with E-state index in [1.54, 1.807) is 6.92 Å². The molecule has 94 valence electrons. The molecule has 0 radical (unpaired) electrons. The van der Waals surface area contributed by atoms with Crippen LogP contribution in [0.25, 0.3) is 0 Å². The third-order valence-electron chi connectivity index (χ3n) is 2.24. The smallest absolute Gasteiger partial charge is 0.281 e. The minimum Gasteiger partial charge on any atom is -0.329 e. The highest BCUT2D eigenvalue weighted by molar-refractivity contribution is 7.88. The number of hydrogen-bond donors (Lipinski definition) is 3. The first-order valence-corrected chi connectivity index (χ1v) is 7.28. The first kappa shape index (κ1) is 12.5. The normalized spacial score (nSPS) is 17.1. The second kappa shape index (κ2) is 4.40. The Morgan fingerprint density at radius 3 is 2.29 bits per heavy atom. The molecule has 0 saturated heterocycles. The highest BCUT2D eigenvalue weighted by Gasteiger charge is 2.37. The second-order valence-electron chi connectivity index (χ2n) is 3.78. The van der Waals surface area contributed by atoms with Crippen molar-refractivity contribution in [1.29, 1.82) is 0 Å². The van der Waals surface area contributed by atoms with E-state index in [0.717, 1.165) is 11.4 Å². The van der Waals surface area contributed by atoms with Gasteiger partial charge in [0, 0.05) is 0 Å². The lowest BCUT2D eigenvalue weighted by Crippen LogP contribution is -2.41. The van der Waals surface area contributed by atoms with Crippen LogP contribution in [0.15, 0.2) is 24.3 Å². The number of nitrogens with one attached hydrogen (secondary N) is 2. The Morgan fingerprint density at radius 1 is 1.29 bits per heavy atom. The van der Waals surface area contributed by atoms with Gasteiger partial charge in [-0.2, -0.15) is 8.42 Å². The third-order valence-corrected chi connectivity index (χ3v) is 4.09. The molecule has 0 aromatic heterocycles. The zero-order valence-corrected chi connectivity index (χ0v) is 11.0. The summed E-state index contributed by atoms with van der Waals surface area (Å²) in [5, 5.41) is 4.35. The van der Waals surface area contributed by atoms with Crippen LogP contribution in [0.4, 0.5) is 11.4 Å². The molecular formula is C10H14N2O3S2. The fraction of sp³-hybridized carbons (Fsp3) is 0.400. The van der Waals surface area contributed by atoms with Crippen LogP contribution in [0, 0.1) is 0 Å². The van der Waals surface area contributed by atoms with E-state index in [0.29, 0.717) is 6.42 Å². The van der Waals surface area contributed by atoms with E-state index in [4.69, 9.17) is 4.18 Å². The highest BCUT2D eigenvalue weighted by Crippen LogP contribution is 2.36. The minimum absolute atomic E-state index is 0.0327. The molecular weight excluding hydrogens is 260 g/mol. The van der Waals surface area contributed by atoms with E-state index in [1.165, 1.54) is 0 Å². The summed E-state index contributed by atoms with van der Waals surface area (Å²) in [7, 11) is -3.59. The molecule has 0 fully saturated rings. The molecule has 2 rings (SSSR count). The summed E-state index contributed by atoms with van der Waals surface area (Å²) in [4.78, 5) is 0. The number of rotatable bonds is 4. The largest absolute Gasteiger partial charge is 0.329 e. The van der Waals surface area contributed by atoms with Gasteiger partial charge in [-0.1, -0.05) is 31.7 Å². The number of hydrogen-bond acceptors (Lipinski definition) is 6. The summed E-state index contributed by atoms with van der Waals surface area (Å²) < 4.78 is 28.2. The Morgan fingerprint density at radius 2 is 1.82 bits per heavy atom. The first-order valence-electron chi connectivity index (χ1n) is 5.25.